The van der Waals surface area contributed by atoms with Gasteiger partial charge in [0.05, 0.1) is 7.11 Å². The second-order valence-electron chi connectivity index (χ2n) is 4.86. The predicted octanol–water partition coefficient (Wildman–Crippen LogP) is 1.75. The molecule has 2 rings (SSSR count). The molecule has 0 saturated carbocycles. The van der Waals surface area contributed by atoms with Gasteiger partial charge in [-0.2, -0.15) is 0 Å². The van der Waals surface area contributed by atoms with E-state index < -0.39 is 0 Å². The van der Waals surface area contributed by atoms with Gasteiger partial charge in [-0.05, 0) is 17.7 Å². The topological polar surface area (TPSA) is 32.8 Å². The van der Waals surface area contributed by atoms with Gasteiger partial charge in [0.1, 0.15) is 5.75 Å². The molecule has 104 valence electrons. The lowest BCUT2D eigenvalue weighted by Crippen LogP contribution is -2.48. The summed E-state index contributed by atoms with van der Waals surface area (Å²) in [5.74, 6) is 1.16. The van der Waals surface area contributed by atoms with Crippen molar-refractivity contribution in [3.63, 3.8) is 0 Å². The average Bonchev–Trinajstić information content (AvgIpc) is 2.48. The third kappa shape index (κ3) is 3.70. The molecule has 0 bridgehead atoms. The maximum atomic E-state index is 11.6. The van der Waals surface area contributed by atoms with Gasteiger partial charge >= 0.3 is 0 Å². The molecule has 1 aliphatic heterocycles. The van der Waals surface area contributed by atoms with Gasteiger partial charge in [-0.3, -0.25) is 9.69 Å². The van der Waals surface area contributed by atoms with Crippen LogP contribution in [-0.2, 0) is 11.3 Å². The largest absolute Gasteiger partial charge is 0.497 e. The highest BCUT2D eigenvalue weighted by Crippen LogP contribution is 2.14. The highest BCUT2D eigenvalue weighted by atomic mass is 16.5. The minimum Gasteiger partial charge on any atom is -0.497 e. The summed E-state index contributed by atoms with van der Waals surface area (Å²) < 4.78 is 5.15. The van der Waals surface area contributed by atoms with Crippen molar-refractivity contribution in [3.05, 3.63) is 29.8 Å². The molecule has 1 amide bonds. The number of carbonyl (C=O) groups excluding carboxylic acids is 1. The molecule has 0 aliphatic carbocycles. The molecular formula is C15H22N2O2. The van der Waals surface area contributed by atoms with Crippen LogP contribution in [0.3, 0.4) is 0 Å². The summed E-state index contributed by atoms with van der Waals surface area (Å²) in [6.45, 7) is 6.48. The van der Waals surface area contributed by atoms with Crippen molar-refractivity contribution in [3.8, 4) is 5.75 Å². The van der Waals surface area contributed by atoms with Crippen LogP contribution in [0.2, 0.25) is 0 Å². The fourth-order valence-electron chi connectivity index (χ4n) is 2.37. The maximum Gasteiger partial charge on any atom is 0.222 e. The molecule has 1 heterocycles. The fraction of sp³-hybridized carbons (Fsp3) is 0.533. The SMILES string of the molecule is CCC(=O)N1CCN(Cc2ccc(OC)cc2)CC1. The molecule has 0 spiro atoms. The lowest BCUT2D eigenvalue weighted by molar-refractivity contribution is -0.132. The van der Waals surface area contributed by atoms with E-state index in [-0.39, 0.29) is 5.91 Å². The van der Waals surface area contributed by atoms with Crippen LogP contribution in [0.1, 0.15) is 18.9 Å². The summed E-state index contributed by atoms with van der Waals surface area (Å²) in [7, 11) is 1.68. The monoisotopic (exact) mass is 262 g/mol. The van der Waals surface area contributed by atoms with E-state index in [0.717, 1.165) is 38.5 Å². The van der Waals surface area contributed by atoms with Crippen LogP contribution in [0.25, 0.3) is 0 Å². The Morgan fingerprint density at radius 3 is 2.32 bits per heavy atom. The zero-order valence-electron chi connectivity index (χ0n) is 11.8. The van der Waals surface area contributed by atoms with Crippen molar-refractivity contribution in [2.45, 2.75) is 19.9 Å². The molecule has 4 nitrogen and oxygen atoms in total. The van der Waals surface area contributed by atoms with E-state index in [0.29, 0.717) is 6.42 Å². The Morgan fingerprint density at radius 1 is 1.16 bits per heavy atom. The van der Waals surface area contributed by atoms with E-state index in [4.69, 9.17) is 4.74 Å². The Kier molecular flexibility index (Phi) is 4.80. The lowest BCUT2D eigenvalue weighted by Gasteiger charge is -2.34. The van der Waals surface area contributed by atoms with Crippen LogP contribution in [0.4, 0.5) is 0 Å². The molecule has 0 aromatic heterocycles. The minimum absolute atomic E-state index is 0.268. The standard InChI is InChI=1S/C15H22N2O2/c1-3-15(18)17-10-8-16(9-11-17)12-13-4-6-14(19-2)7-5-13/h4-7H,3,8-12H2,1-2H3. The first-order valence-electron chi connectivity index (χ1n) is 6.86. The fourth-order valence-corrected chi connectivity index (χ4v) is 2.37. The Balaban J connectivity index is 1.83. The molecule has 1 fully saturated rings. The number of benzene rings is 1. The third-order valence-corrected chi connectivity index (χ3v) is 3.59. The molecule has 0 atom stereocenters. The van der Waals surface area contributed by atoms with Crippen LogP contribution in [0.5, 0.6) is 5.75 Å². The molecular weight excluding hydrogens is 240 g/mol. The van der Waals surface area contributed by atoms with Gasteiger partial charge in [0.25, 0.3) is 0 Å². The van der Waals surface area contributed by atoms with Crippen molar-refractivity contribution in [2.24, 2.45) is 0 Å². The molecule has 19 heavy (non-hydrogen) atoms. The minimum atomic E-state index is 0.268. The number of piperazine rings is 1. The molecule has 1 aliphatic rings. The van der Waals surface area contributed by atoms with Gasteiger partial charge in [0.2, 0.25) is 5.91 Å². The summed E-state index contributed by atoms with van der Waals surface area (Å²) in [5, 5.41) is 0. The molecule has 1 saturated heterocycles. The van der Waals surface area contributed by atoms with Crippen LogP contribution >= 0.6 is 0 Å². The summed E-state index contributed by atoms with van der Waals surface area (Å²) in [5.41, 5.74) is 1.29. The van der Waals surface area contributed by atoms with Crippen molar-refractivity contribution in [1.29, 1.82) is 0 Å². The van der Waals surface area contributed by atoms with Crippen LogP contribution in [-0.4, -0.2) is 49.0 Å². The number of ether oxygens (including phenoxy) is 1. The van der Waals surface area contributed by atoms with Crippen molar-refractivity contribution < 1.29 is 9.53 Å². The number of hydrogen-bond donors (Lipinski definition) is 0. The molecule has 0 N–H and O–H groups in total. The van der Waals surface area contributed by atoms with Crippen molar-refractivity contribution in [2.75, 3.05) is 33.3 Å². The lowest BCUT2D eigenvalue weighted by atomic mass is 10.2. The van der Waals surface area contributed by atoms with Crippen LogP contribution < -0.4 is 4.74 Å². The molecule has 0 radical (unpaired) electrons. The Morgan fingerprint density at radius 2 is 1.79 bits per heavy atom. The van der Waals surface area contributed by atoms with Gasteiger partial charge in [-0.15, -0.1) is 0 Å². The number of nitrogens with zero attached hydrogens (tertiary/aromatic N) is 2. The number of hydrogen-bond acceptors (Lipinski definition) is 3. The first-order valence-corrected chi connectivity index (χ1v) is 6.86. The van der Waals surface area contributed by atoms with E-state index in [2.05, 4.69) is 17.0 Å². The Bertz CT molecular complexity index is 409. The first kappa shape index (κ1) is 13.9. The number of carbonyl (C=O) groups is 1. The first-order chi connectivity index (χ1) is 9.22. The van der Waals surface area contributed by atoms with E-state index in [9.17, 15) is 4.79 Å². The van der Waals surface area contributed by atoms with Gasteiger partial charge in [0, 0.05) is 39.1 Å². The second-order valence-corrected chi connectivity index (χ2v) is 4.86. The zero-order valence-corrected chi connectivity index (χ0v) is 11.8. The summed E-state index contributed by atoms with van der Waals surface area (Å²) >= 11 is 0. The van der Waals surface area contributed by atoms with E-state index in [1.54, 1.807) is 7.11 Å². The summed E-state index contributed by atoms with van der Waals surface area (Å²) in [4.78, 5) is 15.9. The van der Waals surface area contributed by atoms with Gasteiger partial charge in [-0.25, -0.2) is 0 Å². The maximum absolute atomic E-state index is 11.6. The molecule has 1 aromatic rings. The van der Waals surface area contributed by atoms with Crippen molar-refractivity contribution >= 4 is 5.91 Å². The number of amides is 1. The zero-order chi connectivity index (χ0) is 13.7. The summed E-state index contributed by atoms with van der Waals surface area (Å²) in [6.07, 6.45) is 0.610. The van der Waals surface area contributed by atoms with E-state index >= 15 is 0 Å². The van der Waals surface area contributed by atoms with Crippen LogP contribution in [0, 0.1) is 0 Å². The quantitative estimate of drug-likeness (QED) is 0.828. The second kappa shape index (κ2) is 6.57. The number of methoxy groups -OCH3 is 1. The van der Waals surface area contributed by atoms with E-state index in [1.165, 1.54) is 5.56 Å². The number of rotatable bonds is 4. The molecule has 4 heteroatoms. The normalized spacial score (nSPS) is 16.4. The smallest absolute Gasteiger partial charge is 0.222 e. The Labute approximate surface area is 115 Å². The summed E-state index contributed by atoms with van der Waals surface area (Å²) in [6, 6.07) is 8.18. The van der Waals surface area contributed by atoms with Crippen LogP contribution in [0.15, 0.2) is 24.3 Å². The molecule has 1 aromatic carbocycles. The average molecular weight is 262 g/mol. The Hall–Kier alpha value is -1.55. The highest BCUT2D eigenvalue weighted by Gasteiger charge is 2.19. The van der Waals surface area contributed by atoms with Gasteiger partial charge < -0.3 is 9.64 Å². The van der Waals surface area contributed by atoms with E-state index in [1.807, 2.05) is 24.0 Å². The molecule has 0 unspecified atom stereocenters. The highest BCUT2D eigenvalue weighted by molar-refractivity contribution is 5.75. The van der Waals surface area contributed by atoms with Gasteiger partial charge in [-0.1, -0.05) is 19.1 Å². The van der Waals surface area contributed by atoms with Gasteiger partial charge in [0.15, 0.2) is 0 Å². The van der Waals surface area contributed by atoms with Crippen molar-refractivity contribution in [1.82, 2.24) is 9.80 Å². The third-order valence-electron chi connectivity index (χ3n) is 3.59. The predicted molar refractivity (Wildman–Crippen MR) is 75.1 cm³/mol.